The molecule has 0 heterocycles. The molecular formula is C17H31N3O. The standard InChI is InChI=1S/C17H31N3O/c1-6-10-20(12-11-19(4)5)15-8-9-16(17(21)13-15)14(3)18-7-2/h8-9,13-14,18,21H,6-7,10-12H2,1-5H3. The molecule has 2 N–H and O–H groups in total. The molecule has 0 saturated carbocycles. The summed E-state index contributed by atoms with van der Waals surface area (Å²) in [4.78, 5) is 4.52. The van der Waals surface area contributed by atoms with Gasteiger partial charge in [-0.15, -0.1) is 0 Å². The Labute approximate surface area is 129 Å². The van der Waals surface area contributed by atoms with Gasteiger partial charge in [-0.05, 0) is 40.1 Å². The molecule has 1 rings (SSSR count). The molecule has 4 heteroatoms. The number of likely N-dealkylation sites (N-methyl/N-ethyl adjacent to an activating group) is 1. The average Bonchev–Trinajstić information content (AvgIpc) is 2.43. The van der Waals surface area contributed by atoms with Crippen LogP contribution in [0.25, 0.3) is 0 Å². The molecule has 1 aromatic carbocycles. The molecule has 1 atom stereocenters. The molecule has 4 nitrogen and oxygen atoms in total. The lowest BCUT2D eigenvalue weighted by molar-refractivity contribution is 0.412. The Morgan fingerprint density at radius 1 is 1.14 bits per heavy atom. The maximum Gasteiger partial charge on any atom is 0.122 e. The van der Waals surface area contributed by atoms with Crippen LogP contribution < -0.4 is 10.2 Å². The zero-order chi connectivity index (χ0) is 15.8. The van der Waals surface area contributed by atoms with Crippen molar-refractivity contribution < 1.29 is 5.11 Å². The minimum atomic E-state index is 0.172. The monoisotopic (exact) mass is 293 g/mol. The predicted octanol–water partition coefficient (Wildman–Crippen LogP) is 2.84. The highest BCUT2D eigenvalue weighted by atomic mass is 16.3. The van der Waals surface area contributed by atoms with Crippen molar-refractivity contribution in [1.29, 1.82) is 0 Å². The molecule has 0 amide bonds. The highest BCUT2D eigenvalue weighted by molar-refractivity contribution is 5.54. The highest BCUT2D eigenvalue weighted by Crippen LogP contribution is 2.29. The summed E-state index contributed by atoms with van der Waals surface area (Å²) in [5.74, 6) is 0.381. The third-order valence-corrected chi connectivity index (χ3v) is 3.67. The quantitative estimate of drug-likeness (QED) is 0.734. The second-order valence-corrected chi connectivity index (χ2v) is 5.81. The molecule has 0 radical (unpaired) electrons. The number of hydrogen-bond acceptors (Lipinski definition) is 4. The van der Waals surface area contributed by atoms with Gasteiger partial charge in [0.1, 0.15) is 5.75 Å². The molecule has 1 aromatic rings. The summed E-state index contributed by atoms with van der Waals surface area (Å²) in [6.07, 6.45) is 1.10. The SMILES string of the molecule is CCCN(CCN(C)C)c1ccc(C(C)NCC)c(O)c1. The van der Waals surface area contributed by atoms with Gasteiger partial charge in [0.2, 0.25) is 0 Å². The topological polar surface area (TPSA) is 38.7 Å². The lowest BCUT2D eigenvalue weighted by Gasteiger charge is -2.27. The first-order valence-corrected chi connectivity index (χ1v) is 7.95. The summed E-state index contributed by atoms with van der Waals surface area (Å²) in [6, 6.07) is 6.23. The second-order valence-electron chi connectivity index (χ2n) is 5.81. The number of aromatic hydroxyl groups is 1. The number of nitrogens with one attached hydrogen (secondary N) is 1. The van der Waals surface area contributed by atoms with Crippen LogP contribution in [0.2, 0.25) is 0 Å². The molecule has 120 valence electrons. The number of anilines is 1. The molecule has 0 fully saturated rings. The molecule has 0 aliphatic carbocycles. The van der Waals surface area contributed by atoms with E-state index in [9.17, 15) is 5.11 Å². The van der Waals surface area contributed by atoms with Crippen LogP contribution >= 0.6 is 0 Å². The van der Waals surface area contributed by atoms with Gasteiger partial charge in [0.15, 0.2) is 0 Å². The number of nitrogens with zero attached hydrogens (tertiary/aromatic N) is 2. The third kappa shape index (κ3) is 5.56. The van der Waals surface area contributed by atoms with E-state index in [1.165, 1.54) is 0 Å². The maximum atomic E-state index is 10.3. The van der Waals surface area contributed by atoms with Crippen molar-refractivity contribution in [2.45, 2.75) is 33.2 Å². The van der Waals surface area contributed by atoms with Crippen LogP contribution in [0.5, 0.6) is 5.75 Å². The Balaban J connectivity index is 2.87. The number of phenolic OH excluding ortho intramolecular Hbond substituents is 1. The van der Waals surface area contributed by atoms with Crippen LogP contribution in [0.1, 0.15) is 38.8 Å². The summed E-state index contributed by atoms with van der Waals surface area (Å²) in [7, 11) is 4.17. The van der Waals surface area contributed by atoms with E-state index in [0.717, 1.165) is 43.9 Å². The Morgan fingerprint density at radius 2 is 1.86 bits per heavy atom. The number of phenols is 1. The van der Waals surface area contributed by atoms with Crippen molar-refractivity contribution in [3.63, 3.8) is 0 Å². The molecule has 1 unspecified atom stereocenters. The van der Waals surface area contributed by atoms with Gasteiger partial charge in [0.25, 0.3) is 0 Å². The van der Waals surface area contributed by atoms with Gasteiger partial charge in [-0.25, -0.2) is 0 Å². The summed E-state index contributed by atoms with van der Waals surface area (Å²) < 4.78 is 0. The van der Waals surface area contributed by atoms with Gasteiger partial charge in [-0.3, -0.25) is 0 Å². The van der Waals surface area contributed by atoms with Gasteiger partial charge >= 0.3 is 0 Å². The third-order valence-electron chi connectivity index (χ3n) is 3.67. The number of rotatable bonds is 9. The Kier molecular flexibility index (Phi) is 7.54. The summed E-state index contributed by atoms with van der Waals surface area (Å²) in [5, 5.41) is 13.6. The van der Waals surface area contributed by atoms with Gasteiger partial charge in [-0.1, -0.05) is 19.9 Å². The fourth-order valence-electron chi connectivity index (χ4n) is 2.47. The van der Waals surface area contributed by atoms with Crippen LogP contribution in [0, 0.1) is 0 Å². The van der Waals surface area contributed by atoms with Crippen molar-refractivity contribution in [3.8, 4) is 5.75 Å². The predicted molar refractivity (Wildman–Crippen MR) is 91.3 cm³/mol. The molecule has 0 aliphatic heterocycles. The van der Waals surface area contributed by atoms with Crippen LogP contribution in [0.3, 0.4) is 0 Å². The fourth-order valence-corrected chi connectivity index (χ4v) is 2.47. The molecular weight excluding hydrogens is 262 g/mol. The number of hydrogen-bond donors (Lipinski definition) is 2. The van der Waals surface area contributed by atoms with Gasteiger partial charge in [0, 0.05) is 43.0 Å². The van der Waals surface area contributed by atoms with E-state index >= 15 is 0 Å². The first-order valence-electron chi connectivity index (χ1n) is 7.95. The molecule has 0 saturated heterocycles. The van der Waals surface area contributed by atoms with Crippen LogP contribution in [-0.2, 0) is 0 Å². The van der Waals surface area contributed by atoms with E-state index in [0.29, 0.717) is 5.75 Å². The second kappa shape index (κ2) is 8.90. The lowest BCUT2D eigenvalue weighted by Crippen LogP contribution is -2.32. The largest absolute Gasteiger partial charge is 0.508 e. The average molecular weight is 293 g/mol. The van der Waals surface area contributed by atoms with E-state index in [1.807, 2.05) is 12.1 Å². The fraction of sp³-hybridized carbons (Fsp3) is 0.647. The summed E-state index contributed by atoms with van der Waals surface area (Å²) in [6.45, 7) is 10.2. The first kappa shape index (κ1) is 17.8. The normalized spacial score (nSPS) is 12.7. The van der Waals surface area contributed by atoms with Crippen molar-refractivity contribution in [2.24, 2.45) is 0 Å². The van der Waals surface area contributed by atoms with Crippen molar-refractivity contribution >= 4 is 5.69 Å². The van der Waals surface area contributed by atoms with Gasteiger partial charge in [-0.2, -0.15) is 0 Å². The van der Waals surface area contributed by atoms with E-state index in [2.05, 4.69) is 56.0 Å². The smallest absolute Gasteiger partial charge is 0.122 e. The van der Waals surface area contributed by atoms with E-state index in [4.69, 9.17) is 0 Å². The molecule has 0 bridgehead atoms. The van der Waals surface area contributed by atoms with Crippen LogP contribution in [-0.4, -0.2) is 50.3 Å². The lowest BCUT2D eigenvalue weighted by atomic mass is 10.1. The highest BCUT2D eigenvalue weighted by Gasteiger charge is 2.12. The van der Waals surface area contributed by atoms with Gasteiger partial charge in [0.05, 0.1) is 0 Å². The molecule has 0 aliphatic rings. The summed E-state index contributed by atoms with van der Waals surface area (Å²) in [5.41, 5.74) is 2.06. The van der Waals surface area contributed by atoms with E-state index in [-0.39, 0.29) is 6.04 Å². The Morgan fingerprint density at radius 3 is 2.38 bits per heavy atom. The number of benzene rings is 1. The Bertz CT molecular complexity index is 420. The molecule has 0 aromatic heterocycles. The van der Waals surface area contributed by atoms with E-state index < -0.39 is 0 Å². The van der Waals surface area contributed by atoms with Crippen molar-refractivity contribution in [3.05, 3.63) is 23.8 Å². The molecule has 21 heavy (non-hydrogen) atoms. The minimum absolute atomic E-state index is 0.172. The first-order chi connectivity index (χ1) is 9.99. The maximum absolute atomic E-state index is 10.3. The van der Waals surface area contributed by atoms with Crippen molar-refractivity contribution in [1.82, 2.24) is 10.2 Å². The zero-order valence-corrected chi connectivity index (χ0v) is 14.2. The van der Waals surface area contributed by atoms with Crippen molar-refractivity contribution in [2.75, 3.05) is 45.2 Å². The van der Waals surface area contributed by atoms with Crippen LogP contribution in [0.15, 0.2) is 18.2 Å². The minimum Gasteiger partial charge on any atom is -0.508 e. The summed E-state index contributed by atoms with van der Waals surface area (Å²) >= 11 is 0. The Hall–Kier alpha value is -1.26. The zero-order valence-electron chi connectivity index (χ0n) is 14.2. The molecule has 0 spiro atoms. The van der Waals surface area contributed by atoms with E-state index in [1.54, 1.807) is 0 Å². The van der Waals surface area contributed by atoms with Crippen LogP contribution in [0.4, 0.5) is 5.69 Å². The van der Waals surface area contributed by atoms with Gasteiger partial charge < -0.3 is 20.2 Å².